The molecule has 0 aliphatic heterocycles. The van der Waals surface area contributed by atoms with Crippen molar-refractivity contribution >= 4 is 17.9 Å². The lowest BCUT2D eigenvalue weighted by atomic mass is 10.0. The van der Waals surface area contributed by atoms with Gasteiger partial charge in [0.1, 0.15) is 13.2 Å². The molecule has 0 amide bonds. The van der Waals surface area contributed by atoms with Gasteiger partial charge in [-0.1, -0.05) is 294 Å². The molecule has 0 rings (SSSR count). The first-order chi connectivity index (χ1) is 40.5. The van der Waals surface area contributed by atoms with Gasteiger partial charge in [0.05, 0.1) is 0 Å². The molecule has 0 aromatic rings. The summed E-state index contributed by atoms with van der Waals surface area (Å²) in [6.45, 7) is 6.34. The van der Waals surface area contributed by atoms with Crippen molar-refractivity contribution in [2.75, 3.05) is 13.2 Å². The van der Waals surface area contributed by atoms with E-state index in [1.807, 2.05) is 0 Å². The molecule has 0 bridgehead atoms. The molecule has 1 unspecified atom stereocenters. The summed E-state index contributed by atoms with van der Waals surface area (Å²) in [4.78, 5) is 38.1. The Morgan fingerprint density at radius 3 is 0.744 bits per heavy atom. The summed E-state index contributed by atoms with van der Waals surface area (Å²) >= 11 is 0. The quantitative estimate of drug-likeness (QED) is 0.0261. The standard InChI is InChI=1S/C76H122O6/c1-4-7-10-13-16-18-20-22-24-26-28-30-32-34-36-37-38-39-41-42-44-46-48-50-52-54-56-58-60-63-66-69-75(78)81-72-73(71-80-74(77)68-65-62-15-12-9-6-3)82-76(79)70-67-64-61-59-57-55-53-51-49-47-45-43-40-35-33-31-29-27-25-23-21-19-17-14-11-8-5-2/h7-8,10-11,16-19,22-25,28-31,34-36,38-40,42,44,48,50,73H,4-6,9,12-15,20-21,26-27,32-33,37,41,43,45-47,49,51-72H2,1-3H3/b10-7-,11-8-,18-16-,19-17-,24-22-,25-23-,30-28-,31-29-,36-34-,39-38-,40-35-,44-42-,50-48-. The van der Waals surface area contributed by atoms with Gasteiger partial charge in [-0.05, 0) is 128 Å². The summed E-state index contributed by atoms with van der Waals surface area (Å²) in [6, 6.07) is 0. The second-order valence-corrected chi connectivity index (χ2v) is 21.6. The fourth-order valence-electron chi connectivity index (χ4n) is 8.84. The summed E-state index contributed by atoms with van der Waals surface area (Å²) in [5.74, 6) is -0.917. The van der Waals surface area contributed by atoms with E-state index in [-0.39, 0.29) is 31.1 Å². The van der Waals surface area contributed by atoms with Crippen molar-refractivity contribution in [2.45, 2.75) is 290 Å². The summed E-state index contributed by atoms with van der Waals surface area (Å²) < 4.78 is 16.8. The predicted molar refractivity (Wildman–Crippen MR) is 357 cm³/mol. The number of ether oxygens (including phenoxy) is 3. The first-order valence-electron chi connectivity index (χ1n) is 33.5. The molecule has 0 spiro atoms. The van der Waals surface area contributed by atoms with Gasteiger partial charge in [0.25, 0.3) is 0 Å². The van der Waals surface area contributed by atoms with Gasteiger partial charge in [0, 0.05) is 19.3 Å². The van der Waals surface area contributed by atoms with Crippen molar-refractivity contribution in [2.24, 2.45) is 0 Å². The van der Waals surface area contributed by atoms with Crippen LogP contribution in [0.15, 0.2) is 158 Å². The normalized spacial score (nSPS) is 13.2. The SMILES string of the molecule is CC/C=C\C/C=C\C/C=C\C/C=C\C/C=C\C/C=C\C/C=C\C/C=C\CCCCCCCCC(=O)OCC(COC(=O)CCCCCCCC)OC(=O)CCCCCCCCCCCCC/C=C\C/C=C\C/C=C\C/C=C\C/C=C\CC. The average molecular weight is 1130 g/mol. The second kappa shape index (κ2) is 68.5. The third kappa shape index (κ3) is 65.8. The summed E-state index contributed by atoms with van der Waals surface area (Å²) in [5, 5.41) is 0. The van der Waals surface area contributed by atoms with Crippen LogP contribution in [0.2, 0.25) is 0 Å². The molecule has 0 radical (unpaired) electrons. The fourth-order valence-corrected chi connectivity index (χ4v) is 8.84. The number of allylic oxidation sites excluding steroid dienone is 26. The van der Waals surface area contributed by atoms with Crippen LogP contribution in [0.1, 0.15) is 284 Å². The molecule has 0 N–H and O–H groups in total. The van der Waals surface area contributed by atoms with Crippen molar-refractivity contribution in [1.29, 1.82) is 0 Å². The van der Waals surface area contributed by atoms with Crippen LogP contribution in [0, 0.1) is 0 Å². The van der Waals surface area contributed by atoms with Crippen LogP contribution < -0.4 is 0 Å². The van der Waals surface area contributed by atoms with Crippen LogP contribution in [-0.2, 0) is 28.6 Å². The lowest BCUT2D eigenvalue weighted by Crippen LogP contribution is -2.30. The summed E-state index contributed by atoms with van der Waals surface area (Å²) in [6.07, 6.45) is 100. The van der Waals surface area contributed by atoms with Gasteiger partial charge in [-0.3, -0.25) is 14.4 Å². The average Bonchev–Trinajstić information content (AvgIpc) is 3.47. The Balaban J connectivity index is 4.16. The van der Waals surface area contributed by atoms with Crippen LogP contribution in [0.4, 0.5) is 0 Å². The van der Waals surface area contributed by atoms with Gasteiger partial charge in [-0.2, -0.15) is 0 Å². The highest BCUT2D eigenvalue weighted by Gasteiger charge is 2.19. The van der Waals surface area contributed by atoms with Crippen molar-refractivity contribution in [3.8, 4) is 0 Å². The minimum Gasteiger partial charge on any atom is -0.462 e. The zero-order valence-electron chi connectivity index (χ0n) is 52.9. The van der Waals surface area contributed by atoms with Crippen LogP contribution in [0.3, 0.4) is 0 Å². The maximum absolute atomic E-state index is 12.9. The molecule has 0 aromatic heterocycles. The third-order valence-electron chi connectivity index (χ3n) is 13.8. The number of hydrogen-bond acceptors (Lipinski definition) is 6. The van der Waals surface area contributed by atoms with E-state index in [0.29, 0.717) is 19.3 Å². The molecule has 6 heteroatoms. The molecular weight excluding hydrogens is 1010 g/mol. The highest BCUT2D eigenvalue weighted by molar-refractivity contribution is 5.71. The van der Waals surface area contributed by atoms with Gasteiger partial charge < -0.3 is 14.2 Å². The van der Waals surface area contributed by atoms with Crippen LogP contribution in [0.5, 0.6) is 0 Å². The summed E-state index contributed by atoms with van der Waals surface area (Å²) in [7, 11) is 0. The molecule has 0 aromatic carbocycles. The minimum absolute atomic E-state index is 0.0883. The number of unbranched alkanes of at least 4 members (excludes halogenated alkanes) is 22. The number of carbonyl (C=O) groups is 3. The zero-order valence-corrected chi connectivity index (χ0v) is 52.9. The molecule has 0 fully saturated rings. The second-order valence-electron chi connectivity index (χ2n) is 21.6. The Kier molecular flexibility index (Phi) is 64.4. The van der Waals surface area contributed by atoms with Gasteiger partial charge in [-0.25, -0.2) is 0 Å². The zero-order chi connectivity index (χ0) is 59.2. The Morgan fingerprint density at radius 1 is 0.256 bits per heavy atom. The molecule has 0 aliphatic carbocycles. The summed E-state index contributed by atoms with van der Waals surface area (Å²) in [5.41, 5.74) is 0. The first-order valence-corrected chi connectivity index (χ1v) is 33.5. The fraction of sp³-hybridized carbons (Fsp3) is 0.618. The Bertz CT molecular complexity index is 1830. The van der Waals surface area contributed by atoms with E-state index in [2.05, 4.69) is 179 Å². The van der Waals surface area contributed by atoms with E-state index < -0.39 is 6.10 Å². The van der Waals surface area contributed by atoms with E-state index in [1.54, 1.807) is 0 Å². The number of rotatable bonds is 59. The highest BCUT2D eigenvalue weighted by Crippen LogP contribution is 2.15. The lowest BCUT2D eigenvalue weighted by molar-refractivity contribution is -0.167. The molecule has 82 heavy (non-hydrogen) atoms. The van der Waals surface area contributed by atoms with Gasteiger partial charge >= 0.3 is 17.9 Å². The first kappa shape index (κ1) is 77.0. The van der Waals surface area contributed by atoms with Crippen LogP contribution in [0.25, 0.3) is 0 Å². The van der Waals surface area contributed by atoms with Crippen molar-refractivity contribution in [1.82, 2.24) is 0 Å². The molecule has 462 valence electrons. The molecule has 0 heterocycles. The maximum atomic E-state index is 12.9. The van der Waals surface area contributed by atoms with E-state index in [1.165, 1.54) is 89.9 Å². The molecule has 6 nitrogen and oxygen atoms in total. The Morgan fingerprint density at radius 2 is 0.476 bits per heavy atom. The smallest absolute Gasteiger partial charge is 0.306 e. The van der Waals surface area contributed by atoms with Crippen molar-refractivity contribution < 1.29 is 28.6 Å². The van der Waals surface area contributed by atoms with E-state index in [4.69, 9.17) is 14.2 Å². The topological polar surface area (TPSA) is 78.9 Å². The van der Waals surface area contributed by atoms with E-state index in [9.17, 15) is 14.4 Å². The molecule has 0 aliphatic rings. The maximum Gasteiger partial charge on any atom is 0.306 e. The van der Waals surface area contributed by atoms with E-state index in [0.717, 1.165) is 154 Å². The van der Waals surface area contributed by atoms with E-state index >= 15 is 0 Å². The van der Waals surface area contributed by atoms with Gasteiger partial charge in [-0.15, -0.1) is 0 Å². The monoisotopic (exact) mass is 1130 g/mol. The number of hydrogen-bond donors (Lipinski definition) is 0. The molecule has 1 atom stereocenters. The van der Waals surface area contributed by atoms with Crippen molar-refractivity contribution in [3.05, 3.63) is 158 Å². The Labute approximate surface area is 505 Å². The van der Waals surface area contributed by atoms with Gasteiger partial charge in [0.15, 0.2) is 6.10 Å². The predicted octanol–water partition coefficient (Wildman–Crippen LogP) is 23.3. The molecular formula is C76H122O6. The highest BCUT2D eigenvalue weighted by atomic mass is 16.6. The van der Waals surface area contributed by atoms with Crippen molar-refractivity contribution in [3.63, 3.8) is 0 Å². The molecule has 0 saturated heterocycles. The third-order valence-corrected chi connectivity index (χ3v) is 13.8. The molecule has 0 saturated carbocycles. The lowest BCUT2D eigenvalue weighted by Gasteiger charge is -2.18. The number of esters is 3. The van der Waals surface area contributed by atoms with Gasteiger partial charge in [0.2, 0.25) is 0 Å². The Hall–Kier alpha value is -4.97. The number of carbonyl (C=O) groups excluding carboxylic acids is 3. The minimum atomic E-state index is -0.790. The van der Waals surface area contributed by atoms with Crippen LogP contribution in [-0.4, -0.2) is 37.2 Å². The van der Waals surface area contributed by atoms with Crippen LogP contribution >= 0.6 is 0 Å². The largest absolute Gasteiger partial charge is 0.462 e.